The molecule has 1 saturated carbocycles. The van der Waals surface area contributed by atoms with Crippen LogP contribution in [0.2, 0.25) is 0 Å². The van der Waals surface area contributed by atoms with E-state index >= 15 is 0 Å². The molecule has 0 aromatic carbocycles. The van der Waals surface area contributed by atoms with Gasteiger partial charge in [-0.2, -0.15) is 0 Å². The molecule has 1 heterocycles. The molecule has 5 nitrogen and oxygen atoms in total. The van der Waals surface area contributed by atoms with E-state index in [2.05, 4.69) is 10.3 Å². The molecule has 0 atom stereocenters. The van der Waals surface area contributed by atoms with Gasteiger partial charge in [0.05, 0.1) is 11.1 Å². The summed E-state index contributed by atoms with van der Waals surface area (Å²) in [6.45, 7) is 0.502. The smallest absolute Gasteiger partial charge is 0.253 e. The molecular formula is C14H22N4O. The zero-order chi connectivity index (χ0) is 13.9. The molecule has 0 spiro atoms. The Morgan fingerprint density at radius 2 is 2.11 bits per heavy atom. The zero-order valence-electron chi connectivity index (χ0n) is 11.6. The number of nitrogens with one attached hydrogen (secondary N) is 1. The number of nitrogens with zero attached hydrogens (tertiary/aromatic N) is 2. The van der Waals surface area contributed by atoms with Crippen LogP contribution in [0.15, 0.2) is 18.3 Å². The number of anilines is 1. The van der Waals surface area contributed by atoms with Crippen molar-refractivity contribution in [3.63, 3.8) is 0 Å². The maximum absolute atomic E-state index is 12.2. The van der Waals surface area contributed by atoms with Crippen molar-refractivity contribution in [2.45, 2.75) is 31.2 Å². The van der Waals surface area contributed by atoms with E-state index in [1.807, 2.05) is 25.1 Å². The lowest BCUT2D eigenvalue weighted by Gasteiger charge is -2.28. The molecule has 1 fully saturated rings. The lowest BCUT2D eigenvalue weighted by atomic mass is 9.97. The highest BCUT2D eigenvalue weighted by Gasteiger charge is 2.34. The van der Waals surface area contributed by atoms with Crippen LogP contribution in [-0.2, 0) is 0 Å². The maximum atomic E-state index is 12.2. The number of hydrogen-bond acceptors (Lipinski definition) is 4. The molecule has 1 aliphatic carbocycles. The number of rotatable bonds is 4. The standard InChI is InChI=1S/C14H22N4O/c1-18(2)12-6-5-11(9-16-12)13(19)17-14(10-15)7-3-4-8-14/h5-6,9H,3-4,7-8,10,15H2,1-2H3,(H,17,19). The van der Waals surface area contributed by atoms with Gasteiger partial charge in [-0.25, -0.2) is 4.98 Å². The van der Waals surface area contributed by atoms with Crippen LogP contribution < -0.4 is 16.0 Å². The van der Waals surface area contributed by atoms with Crippen LogP contribution in [0.1, 0.15) is 36.0 Å². The predicted octanol–water partition coefficient (Wildman–Crippen LogP) is 1.15. The fourth-order valence-corrected chi connectivity index (χ4v) is 2.53. The molecule has 0 radical (unpaired) electrons. The number of carbonyl (C=O) groups is 1. The van der Waals surface area contributed by atoms with Crippen molar-refractivity contribution >= 4 is 11.7 Å². The Morgan fingerprint density at radius 1 is 1.42 bits per heavy atom. The molecule has 0 aliphatic heterocycles. The van der Waals surface area contributed by atoms with Crippen LogP contribution in [0, 0.1) is 0 Å². The number of aromatic nitrogens is 1. The Kier molecular flexibility index (Phi) is 4.04. The number of pyridine rings is 1. The first-order valence-corrected chi connectivity index (χ1v) is 6.72. The van der Waals surface area contributed by atoms with Crippen LogP contribution in [0.4, 0.5) is 5.82 Å². The van der Waals surface area contributed by atoms with Gasteiger partial charge in [-0.3, -0.25) is 4.79 Å². The number of nitrogens with two attached hydrogens (primary N) is 1. The van der Waals surface area contributed by atoms with Crippen LogP contribution in [0.25, 0.3) is 0 Å². The topological polar surface area (TPSA) is 71.2 Å². The van der Waals surface area contributed by atoms with Gasteiger partial charge in [-0.15, -0.1) is 0 Å². The largest absolute Gasteiger partial charge is 0.363 e. The Labute approximate surface area is 114 Å². The zero-order valence-corrected chi connectivity index (χ0v) is 11.6. The lowest BCUT2D eigenvalue weighted by molar-refractivity contribution is 0.0903. The summed E-state index contributed by atoms with van der Waals surface area (Å²) in [7, 11) is 3.84. The second-order valence-electron chi connectivity index (χ2n) is 5.45. The van der Waals surface area contributed by atoms with E-state index < -0.39 is 0 Å². The summed E-state index contributed by atoms with van der Waals surface area (Å²) in [4.78, 5) is 18.4. The molecule has 2 rings (SSSR count). The molecule has 1 aliphatic rings. The quantitative estimate of drug-likeness (QED) is 0.854. The van der Waals surface area contributed by atoms with Crippen LogP contribution in [0.5, 0.6) is 0 Å². The van der Waals surface area contributed by atoms with Crippen LogP contribution >= 0.6 is 0 Å². The van der Waals surface area contributed by atoms with Crippen molar-refractivity contribution in [2.24, 2.45) is 5.73 Å². The minimum absolute atomic E-state index is 0.0786. The Morgan fingerprint density at radius 3 is 2.58 bits per heavy atom. The average Bonchev–Trinajstić information content (AvgIpc) is 2.88. The molecule has 0 unspecified atom stereocenters. The first-order valence-electron chi connectivity index (χ1n) is 6.72. The third-order valence-corrected chi connectivity index (χ3v) is 3.80. The second kappa shape index (κ2) is 5.57. The summed E-state index contributed by atoms with van der Waals surface area (Å²) in [6, 6.07) is 3.65. The highest BCUT2D eigenvalue weighted by molar-refractivity contribution is 5.94. The van der Waals surface area contributed by atoms with E-state index in [-0.39, 0.29) is 11.4 Å². The Bertz CT molecular complexity index is 435. The predicted molar refractivity (Wildman–Crippen MR) is 76.3 cm³/mol. The minimum Gasteiger partial charge on any atom is -0.363 e. The summed E-state index contributed by atoms with van der Waals surface area (Å²) in [6.07, 6.45) is 5.82. The highest BCUT2D eigenvalue weighted by atomic mass is 16.1. The SMILES string of the molecule is CN(C)c1ccc(C(=O)NC2(CN)CCCC2)cn1. The molecule has 104 valence electrons. The van der Waals surface area contributed by atoms with Crippen molar-refractivity contribution in [1.82, 2.24) is 10.3 Å². The summed E-state index contributed by atoms with van der Waals surface area (Å²) in [5, 5.41) is 3.09. The Balaban J connectivity index is 2.07. The number of hydrogen-bond donors (Lipinski definition) is 2. The van der Waals surface area contributed by atoms with Crippen molar-refractivity contribution in [3.8, 4) is 0 Å². The lowest BCUT2D eigenvalue weighted by Crippen LogP contribution is -2.51. The number of amides is 1. The summed E-state index contributed by atoms with van der Waals surface area (Å²) in [5.74, 6) is 0.760. The van der Waals surface area contributed by atoms with Crippen LogP contribution in [-0.4, -0.2) is 37.1 Å². The molecule has 1 aromatic rings. The minimum atomic E-state index is -0.211. The van der Waals surface area contributed by atoms with Crippen molar-refractivity contribution in [2.75, 3.05) is 25.5 Å². The van der Waals surface area contributed by atoms with Gasteiger partial charge in [-0.1, -0.05) is 12.8 Å². The van der Waals surface area contributed by atoms with E-state index in [9.17, 15) is 4.79 Å². The van der Waals surface area contributed by atoms with Gasteiger partial charge in [0, 0.05) is 26.8 Å². The fourth-order valence-electron chi connectivity index (χ4n) is 2.53. The molecule has 19 heavy (non-hydrogen) atoms. The van der Waals surface area contributed by atoms with Gasteiger partial charge in [0.1, 0.15) is 5.82 Å². The summed E-state index contributed by atoms with van der Waals surface area (Å²) >= 11 is 0. The van der Waals surface area contributed by atoms with E-state index in [0.717, 1.165) is 31.5 Å². The van der Waals surface area contributed by atoms with Gasteiger partial charge in [0.15, 0.2) is 0 Å². The molecule has 5 heteroatoms. The third-order valence-electron chi connectivity index (χ3n) is 3.80. The number of carbonyl (C=O) groups excluding carboxylic acids is 1. The van der Waals surface area contributed by atoms with Crippen LogP contribution in [0.3, 0.4) is 0 Å². The van der Waals surface area contributed by atoms with Gasteiger partial charge >= 0.3 is 0 Å². The normalized spacial score (nSPS) is 17.2. The fraction of sp³-hybridized carbons (Fsp3) is 0.571. The van der Waals surface area contributed by atoms with E-state index in [1.165, 1.54) is 0 Å². The van der Waals surface area contributed by atoms with E-state index in [4.69, 9.17) is 5.73 Å². The Hall–Kier alpha value is -1.62. The molecule has 1 amide bonds. The third kappa shape index (κ3) is 3.04. The summed E-state index contributed by atoms with van der Waals surface area (Å²) in [5.41, 5.74) is 6.20. The highest BCUT2D eigenvalue weighted by Crippen LogP contribution is 2.28. The first kappa shape index (κ1) is 13.8. The van der Waals surface area contributed by atoms with Gasteiger partial charge in [0.25, 0.3) is 5.91 Å². The first-order chi connectivity index (χ1) is 9.06. The molecule has 0 bridgehead atoms. The molecular weight excluding hydrogens is 240 g/mol. The van der Waals surface area contributed by atoms with Crippen molar-refractivity contribution in [1.29, 1.82) is 0 Å². The van der Waals surface area contributed by atoms with Crippen molar-refractivity contribution < 1.29 is 4.79 Å². The van der Waals surface area contributed by atoms with E-state index in [0.29, 0.717) is 12.1 Å². The van der Waals surface area contributed by atoms with Gasteiger partial charge in [0.2, 0.25) is 0 Å². The van der Waals surface area contributed by atoms with Crippen molar-refractivity contribution in [3.05, 3.63) is 23.9 Å². The monoisotopic (exact) mass is 262 g/mol. The average molecular weight is 262 g/mol. The molecule has 0 saturated heterocycles. The molecule has 3 N–H and O–H groups in total. The molecule has 1 aromatic heterocycles. The van der Waals surface area contributed by atoms with E-state index in [1.54, 1.807) is 12.3 Å². The van der Waals surface area contributed by atoms with Gasteiger partial charge in [-0.05, 0) is 25.0 Å². The maximum Gasteiger partial charge on any atom is 0.253 e. The summed E-state index contributed by atoms with van der Waals surface area (Å²) < 4.78 is 0. The van der Waals surface area contributed by atoms with Gasteiger partial charge < -0.3 is 16.0 Å². The second-order valence-corrected chi connectivity index (χ2v) is 5.45.